The van der Waals surface area contributed by atoms with Crippen molar-refractivity contribution in [2.24, 2.45) is 5.92 Å². The van der Waals surface area contributed by atoms with E-state index in [-0.39, 0.29) is 18.2 Å². The molecule has 1 aliphatic heterocycles. The maximum absolute atomic E-state index is 11.9. The highest BCUT2D eigenvalue weighted by Crippen LogP contribution is 2.23. The molecule has 1 N–H and O–H groups in total. The third-order valence-corrected chi connectivity index (χ3v) is 4.27. The van der Waals surface area contributed by atoms with Gasteiger partial charge >= 0.3 is 5.97 Å². The molecule has 0 aliphatic carbocycles. The van der Waals surface area contributed by atoms with Crippen LogP contribution in [0.2, 0.25) is 5.02 Å². The fourth-order valence-electron chi connectivity index (χ4n) is 2.41. The standard InChI is InChI=1S/C14H16ClNO3S/c15-11-3-1-9(2-4-11)5-12(14(18)19)16-7-10(8-20)6-13(16)17/h1-4,10,12,20H,5-8H2,(H,18,19)/t10?,12-/m0/s1. The Morgan fingerprint density at radius 3 is 2.60 bits per heavy atom. The lowest BCUT2D eigenvalue weighted by Crippen LogP contribution is -2.43. The minimum Gasteiger partial charge on any atom is -0.480 e. The molecule has 4 nitrogen and oxygen atoms in total. The van der Waals surface area contributed by atoms with Crippen molar-refractivity contribution in [3.8, 4) is 0 Å². The molecule has 0 bridgehead atoms. The number of hydrogen-bond acceptors (Lipinski definition) is 3. The number of amides is 1. The molecule has 1 aromatic rings. The van der Waals surface area contributed by atoms with E-state index in [4.69, 9.17) is 11.6 Å². The van der Waals surface area contributed by atoms with E-state index in [0.29, 0.717) is 23.7 Å². The molecule has 1 aromatic carbocycles. The predicted molar refractivity (Wildman–Crippen MR) is 80.3 cm³/mol. The van der Waals surface area contributed by atoms with Crippen LogP contribution in [0.15, 0.2) is 24.3 Å². The number of likely N-dealkylation sites (tertiary alicyclic amines) is 1. The predicted octanol–water partition coefficient (Wildman–Crippen LogP) is 2.11. The van der Waals surface area contributed by atoms with E-state index < -0.39 is 12.0 Å². The normalized spacial score (nSPS) is 20.2. The second-order valence-corrected chi connectivity index (χ2v) is 5.79. The van der Waals surface area contributed by atoms with Crippen molar-refractivity contribution >= 4 is 36.1 Å². The summed E-state index contributed by atoms with van der Waals surface area (Å²) in [6.07, 6.45) is 0.672. The summed E-state index contributed by atoms with van der Waals surface area (Å²) in [6, 6.07) is 6.19. The summed E-state index contributed by atoms with van der Waals surface area (Å²) in [5.41, 5.74) is 0.851. The van der Waals surface area contributed by atoms with E-state index in [0.717, 1.165) is 5.56 Å². The third kappa shape index (κ3) is 3.46. The van der Waals surface area contributed by atoms with Gasteiger partial charge in [-0.2, -0.15) is 12.6 Å². The first kappa shape index (κ1) is 15.2. The molecule has 108 valence electrons. The number of rotatable bonds is 5. The first-order valence-electron chi connectivity index (χ1n) is 6.39. The van der Waals surface area contributed by atoms with Gasteiger partial charge in [0.25, 0.3) is 0 Å². The molecule has 2 rings (SSSR count). The van der Waals surface area contributed by atoms with E-state index in [1.807, 2.05) is 0 Å². The average molecular weight is 314 g/mol. The van der Waals surface area contributed by atoms with Gasteiger partial charge < -0.3 is 10.0 Å². The van der Waals surface area contributed by atoms with Gasteiger partial charge in [0.2, 0.25) is 5.91 Å². The minimum atomic E-state index is -0.979. The fourth-order valence-corrected chi connectivity index (χ4v) is 2.78. The molecular formula is C14H16ClNO3S. The van der Waals surface area contributed by atoms with Gasteiger partial charge in [0.15, 0.2) is 0 Å². The Labute approximate surface area is 128 Å². The number of carbonyl (C=O) groups excluding carboxylic acids is 1. The summed E-state index contributed by atoms with van der Waals surface area (Å²) in [7, 11) is 0. The van der Waals surface area contributed by atoms with E-state index in [1.54, 1.807) is 24.3 Å². The van der Waals surface area contributed by atoms with Crippen molar-refractivity contribution in [1.29, 1.82) is 0 Å². The maximum Gasteiger partial charge on any atom is 0.326 e. The van der Waals surface area contributed by atoms with Crippen molar-refractivity contribution in [2.75, 3.05) is 12.3 Å². The van der Waals surface area contributed by atoms with Crippen LogP contribution in [0.4, 0.5) is 0 Å². The molecule has 0 radical (unpaired) electrons. The molecule has 1 aliphatic rings. The monoisotopic (exact) mass is 313 g/mol. The van der Waals surface area contributed by atoms with Gasteiger partial charge in [0, 0.05) is 24.4 Å². The Morgan fingerprint density at radius 2 is 2.10 bits per heavy atom. The van der Waals surface area contributed by atoms with Gasteiger partial charge in [-0.05, 0) is 29.4 Å². The molecule has 1 amide bonds. The van der Waals surface area contributed by atoms with Crippen LogP contribution >= 0.6 is 24.2 Å². The molecule has 1 fully saturated rings. The highest BCUT2D eigenvalue weighted by Gasteiger charge is 2.37. The Kier molecular flexibility index (Phi) is 4.94. The quantitative estimate of drug-likeness (QED) is 0.819. The number of nitrogens with zero attached hydrogens (tertiary/aromatic N) is 1. The van der Waals surface area contributed by atoms with Crippen molar-refractivity contribution < 1.29 is 14.7 Å². The lowest BCUT2D eigenvalue weighted by atomic mass is 10.0. The van der Waals surface area contributed by atoms with Crippen LogP contribution in [0.1, 0.15) is 12.0 Å². The zero-order chi connectivity index (χ0) is 14.7. The Morgan fingerprint density at radius 1 is 1.45 bits per heavy atom. The lowest BCUT2D eigenvalue weighted by Gasteiger charge is -2.24. The first-order chi connectivity index (χ1) is 9.51. The topological polar surface area (TPSA) is 57.6 Å². The number of carboxylic acid groups (broad SMARTS) is 1. The summed E-state index contributed by atoms with van der Waals surface area (Å²) in [6.45, 7) is 0.465. The summed E-state index contributed by atoms with van der Waals surface area (Å²) in [5, 5.41) is 9.99. The van der Waals surface area contributed by atoms with E-state index in [9.17, 15) is 14.7 Å². The smallest absolute Gasteiger partial charge is 0.326 e. The third-order valence-electron chi connectivity index (χ3n) is 3.50. The number of carbonyl (C=O) groups is 2. The Hall–Kier alpha value is -1.20. The second kappa shape index (κ2) is 6.50. The van der Waals surface area contributed by atoms with Crippen LogP contribution in [-0.2, 0) is 16.0 Å². The van der Waals surface area contributed by atoms with Crippen LogP contribution in [0.5, 0.6) is 0 Å². The van der Waals surface area contributed by atoms with Crippen molar-refractivity contribution in [2.45, 2.75) is 18.9 Å². The molecule has 6 heteroatoms. The van der Waals surface area contributed by atoms with Crippen LogP contribution < -0.4 is 0 Å². The molecule has 0 aromatic heterocycles. The molecule has 0 saturated carbocycles. The minimum absolute atomic E-state index is 0.106. The van der Waals surface area contributed by atoms with E-state index in [1.165, 1.54) is 4.90 Å². The number of halogens is 1. The van der Waals surface area contributed by atoms with Gasteiger partial charge in [-0.25, -0.2) is 4.79 Å². The highest BCUT2D eigenvalue weighted by atomic mass is 35.5. The van der Waals surface area contributed by atoms with E-state index >= 15 is 0 Å². The number of thiol groups is 1. The SMILES string of the molecule is O=C(O)[C@H](Cc1ccc(Cl)cc1)N1CC(CS)CC1=O. The summed E-state index contributed by atoms with van der Waals surface area (Å²) in [4.78, 5) is 24.9. The average Bonchev–Trinajstić information content (AvgIpc) is 2.79. The van der Waals surface area contributed by atoms with Crippen LogP contribution in [0.3, 0.4) is 0 Å². The zero-order valence-corrected chi connectivity index (χ0v) is 12.5. The number of benzene rings is 1. The highest BCUT2D eigenvalue weighted by molar-refractivity contribution is 7.80. The second-order valence-electron chi connectivity index (χ2n) is 4.98. The molecule has 1 saturated heterocycles. The molecule has 1 unspecified atom stereocenters. The van der Waals surface area contributed by atoms with Gasteiger partial charge in [0.1, 0.15) is 6.04 Å². The fraction of sp³-hybridized carbons (Fsp3) is 0.429. The summed E-state index contributed by atoms with van der Waals surface area (Å²) in [5.74, 6) is -0.355. The van der Waals surface area contributed by atoms with Crippen LogP contribution in [0.25, 0.3) is 0 Å². The van der Waals surface area contributed by atoms with Gasteiger partial charge in [-0.15, -0.1) is 0 Å². The van der Waals surface area contributed by atoms with Crippen molar-refractivity contribution in [1.82, 2.24) is 4.90 Å². The zero-order valence-electron chi connectivity index (χ0n) is 10.8. The van der Waals surface area contributed by atoms with E-state index in [2.05, 4.69) is 12.6 Å². The van der Waals surface area contributed by atoms with Gasteiger partial charge in [-0.1, -0.05) is 23.7 Å². The maximum atomic E-state index is 11.9. The largest absolute Gasteiger partial charge is 0.480 e. The van der Waals surface area contributed by atoms with Crippen LogP contribution in [-0.4, -0.2) is 40.2 Å². The first-order valence-corrected chi connectivity index (χ1v) is 7.40. The van der Waals surface area contributed by atoms with Crippen molar-refractivity contribution in [3.05, 3.63) is 34.9 Å². The molecule has 2 atom stereocenters. The number of aliphatic carboxylic acids is 1. The Balaban J connectivity index is 2.13. The molecule has 0 spiro atoms. The van der Waals surface area contributed by atoms with Gasteiger partial charge in [-0.3, -0.25) is 4.79 Å². The number of hydrogen-bond donors (Lipinski definition) is 2. The molecule has 1 heterocycles. The molecular weight excluding hydrogens is 298 g/mol. The lowest BCUT2D eigenvalue weighted by molar-refractivity contribution is -0.148. The summed E-state index contributed by atoms with van der Waals surface area (Å²) < 4.78 is 0. The van der Waals surface area contributed by atoms with Crippen molar-refractivity contribution in [3.63, 3.8) is 0 Å². The van der Waals surface area contributed by atoms with Gasteiger partial charge in [0.05, 0.1) is 0 Å². The van der Waals surface area contributed by atoms with Crippen LogP contribution in [0, 0.1) is 5.92 Å². The Bertz CT molecular complexity index is 506. The summed E-state index contributed by atoms with van der Waals surface area (Å²) >= 11 is 10.00. The molecule has 20 heavy (non-hydrogen) atoms. The number of carboxylic acids is 1.